The van der Waals surface area contributed by atoms with Crippen molar-refractivity contribution in [3.8, 4) is 5.75 Å². The maximum absolute atomic E-state index is 5.61. The molecular weight excluding hydrogens is 354 g/mol. The summed E-state index contributed by atoms with van der Waals surface area (Å²) in [5.41, 5.74) is 2.47. The van der Waals surface area contributed by atoms with E-state index in [1.807, 2.05) is 30.1 Å². The molecule has 152 valence electrons. The zero-order valence-corrected chi connectivity index (χ0v) is 17.1. The molecule has 3 rings (SSSR count). The van der Waals surface area contributed by atoms with E-state index in [9.17, 15) is 0 Å². The SMILES string of the molecule is CCNC(=NCc1ccc(OCCOC)cc1)N1CCC(c2cnn(C)c2)C1. The van der Waals surface area contributed by atoms with E-state index in [4.69, 9.17) is 14.5 Å². The Labute approximate surface area is 167 Å². The molecule has 0 spiro atoms. The van der Waals surface area contributed by atoms with Crippen LogP contribution in [0.1, 0.15) is 30.4 Å². The Hall–Kier alpha value is -2.54. The lowest BCUT2D eigenvalue weighted by molar-refractivity contribution is 0.146. The number of guanidine groups is 1. The molecule has 0 radical (unpaired) electrons. The molecule has 1 saturated heterocycles. The first-order valence-corrected chi connectivity index (χ1v) is 9.92. The summed E-state index contributed by atoms with van der Waals surface area (Å²) in [4.78, 5) is 7.20. The van der Waals surface area contributed by atoms with E-state index in [0.717, 1.165) is 43.3 Å². The third-order valence-corrected chi connectivity index (χ3v) is 4.91. The van der Waals surface area contributed by atoms with E-state index in [1.165, 1.54) is 5.56 Å². The highest BCUT2D eigenvalue weighted by Crippen LogP contribution is 2.26. The van der Waals surface area contributed by atoms with Crippen LogP contribution in [0, 0.1) is 0 Å². The minimum atomic E-state index is 0.515. The Bertz CT molecular complexity index is 756. The summed E-state index contributed by atoms with van der Waals surface area (Å²) < 4.78 is 12.5. The van der Waals surface area contributed by atoms with E-state index in [-0.39, 0.29) is 0 Å². The molecule has 1 atom stereocenters. The van der Waals surface area contributed by atoms with Crippen molar-refractivity contribution in [2.45, 2.75) is 25.8 Å². The van der Waals surface area contributed by atoms with Crippen LogP contribution < -0.4 is 10.1 Å². The monoisotopic (exact) mass is 385 g/mol. The van der Waals surface area contributed by atoms with Crippen LogP contribution in [-0.2, 0) is 18.3 Å². The van der Waals surface area contributed by atoms with Crippen molar-refractivity contribution in [1.29, 1.82) is 0 Å². The molecule has 1 fully saturated rings. The summed E-state index contributed by atoms with van der Waals surface area (Å²) in [6.45, 7) is 6.76. The largest absolute Gasteiger partial charge is 0.491 e. The normalized spacial score (nSPS) is 17.2. The van der Waals surface area contributed by atoms with Crippen molar-refractivity contribution >= 4 is 5.96 Å². The highest BCUT2D eigenvalue weighted by Gasteiger charge is 2.26. The lowest BCUT2D eigenvalue weighted by Crippen LogP contribution is -2.40. The Balaban J connectivity index is 1.58. The first-order chi connectivity index (χ1) is 13.7. The van der Waals surface area contributed by atoms with Crippen molar-refractivity contribution in [1.82, 2.24) is 20.0 Å². The van der Waals surface area contributed by atoms with Crippen LogP contribution in [0.3, 0.4) is 0 Å². The smallest absolute Gasteiger partial charge is 0.194 e. The van der Waals surface area contributed by atoms with Gasteiger partial charge in [0.15, 0.2) is 5.96 Å². The molecular formula is C21H31N5O2. The first kappa shape index (κ1) is 20.2. The molecule has 7 heteroatoms. The molecule has 0 bridgehead atoms. The molecule has 2 heterocycles. The number of ether oxygens (including phenoxy) is 2. The molecule has 1 aromatic carbocycles. The lowest BCUT2D eigenvalue weighted by Gasteiger charge is -2.21. The van der Waals surface area contributed by atoms with Gasteiger partial charge in [-0.05, 0) is 36.6 Å². The average molecular weight is 386 g/mol. The zero-order valence-electron chi connectivity index (χ0n) is 17.1. The number of aryl methyl sites for hydroxylation is 1. The van der Waals surface area contributed by atoms with Crippen molar-refractivity contribution in [3.05, 3.63) is 47.8 Å². The number of hydrogen-bond acceptors (Lipinski definition) is 4. The van der Waals surface area contributed by atoms with E-state index >= 15 is 0 Å². The number of rotatable bonds is 8. The number of nitrogens with one attached hydrogen (secondary N) is 1. The van der Waals surface area contributed by atoms with E-state index < -0.39 is 0 Å². The van der Waals surface area contributed by atoms with E-state index in [1.54, 1.807) is 7.11 Å². The number of methoxy groups -OCH3 is 1. The number of nitrogens with zero attached hydrogens (tertiary/aromatic N) is 4. The predicted octanol–water partition coefficient (Wildman–Crippen LogP) is 2.40. The summed E-state index contributed by atoms with van der Waals surface area (Å²) in [5, 5.41) is 7.74. The molecule has 1 unspecified atom stereocenters. The Morgan fingerprint density at radius 2 is 2.11 bits per heavy atom. The van der Waals surface area contributed by atoms with Gasteiger partial charge in [-0.15, -0.1) is 0 Å². The molecule has 0 amide bonds. The molecule has 7 nitrogen and oxygen atoms in total. The molecule has 1 N–H and O–H groups in total. The molecule has 2 aromatic rings. The molecule has 1 aliphatic rings. The number of aromatic nitrogens is 2. The topological polar surface area (TPSA) is 63.9 Å². The second-order valence-corrected chi connectivity index (χ2v) is 7.03. The van der Waals surface area contributed by atoms with Gasteiger partial charge in [0.25, 0.3) is 0 Å². The number of hydrogen-bond donors (Lipinski definition) is 1. The minimum absolute atomic E-state index is 0.515. The molecule has 1 aliphatic heterocycles. The van der Waals surface area contributed by atoms with Crippen LogP contribution in [0.2, 0.25) is 0 Å². The maximum atomic E-state index is 5.61. The van der Waals surface area contributed by atoms with Crippen LogP contribution in [0.5, 0.6) is 5.75 Å². The summed E-state index contributed by atoms with van der Waals surface area (Å²) in [6.07, 6.45) is 5.23. The average Bonchev–Trinajstić information content (AvgIpc) is 3.35. The zero-order chi connectivity index (χ0) is 19.8. The Kier molecular flexibility index (Phi) is 7.31. The maximum Gasteiger partial charge on any atom is 0.194 e. The standard InChI is InChI=1S/C21H31N5O2/c1-4-22-21(26-10-9-18(16-26)19-14-24-25(2)15-19)23-13-17-5-7-20(8-6-17)28-12-11-27-3/h5-8,14-15,18H,4,9-13,16H2,1-3H3,(H,22,23). The summed E-state index contributed by atoms with van der Waals surface area (Å²) in [5.74, 6) is 2.35. The third-order valence-electron chi connectivity index (χ3n) is 4.91. The van der Waals surface area contributed by atoms with Crippen LogP contribution in [0.4, 0.5) is 0 Å². The fourth-order valence-corrected chi connectivity index (χ4v) is 3.40. The predicted molar refractivity (Wildman–Crippen MR) is 111 cm³/mol. The van der Waals surface area contributed by atoms with Crippen molar-refractivity contribution in [3.63, 3.8) is 0 Å². The van der Waals surface area contributed by atoms with Gasteiger partial charge >= 0.3 is 0 Å². The summed E-state index contributed by atoms with van der Waals surface area (Å²) in [6, 6.07) is 8.11. The number of benzene rings is 1. The summed E-state index contributed by atoms with van der Waals surface area (Å²) >= 11 is 0. The van der Waals surface area contributed by atoms with Crippen LogP contribution in [0.25, 0.3) is 0 Å². The van der Waals surface area contributed by atoms with E-state index in [0.29, 0.717) is 25.7 Å². The van der Waals surface area contributed by atoms with Gasteiger partial charge in [-0.3, -0.25) is 4.68 Å². The number of likely N-dealkylation sites (tertiary alicyclic amines) is 1. The van der Waals surface area contributed by atoms with Gasteiger partial charge in [-0.25, -0.2) is 4.99 Å². The highest BCUT2D eigenvalue weighted by atomic mass is 16.5. The second kappa shape index (κ2) is 10.1. The second-order valence-electron chi connectivity index (χ2n) is 7.03. The van der Waals surface area contributed by atoms with Gasteiger partial charge in [0.2, 0.25) is 0 Å². The van der Waals surface area contributed by atoms with Crippen molar-refractivity contribution < 1.29 is 9.47 Å². The minimum Gasteiger partial charge on any atom is -0.491 e. The van der Waals surface area contributed by atoms with Crippen LogP contribution in [0.15, 0.2) is 41.7 Å². The Morgan fingerprint density at radius 3 is 2.79 bits per heavy atom. The van der Waals surface area contributed by atoms with Crippen molar-refractivity contribution in [2.24, 2.45) is 12.0 Å². The fourth-order valence-electron chi connectivity index (χ4n) is 3.40. The van der Waals surface area contributed by atoms with Gasteiger partial charge in [0, 0.05) is 45.9 Å². The van der Waals surface area contributed by atoms with Gasteiger partial charge in [0.1, 0.15) is 12.4 Å². The first-order valence-electron chi connectivity index (χ1n) is 9.92. The lowest BCUT2D eigenvalue weighted by atomic mass is 10.0. The van der Waals surface area contributed by atoms with Crippen LogP contribution >= 0.6 is 0 Å². The molecule has 1 aromatic heterocycles. The summed E-state index contributed by atoms with van der Waals surface area (Å²) in [7, 11) is 3.64. The highest BCUT2D eigenvalue weighted by molar-refractivity contribution is 5.80. The molecule has 0 aliphatic carbocycles. The van der Waals surface area contributed by atoms with Gasteiger partial charge in [-0.1, -0.05) is 12.1 Å². The Morgan fingerprint density at radius 1 is 1.29 bits per heavy atom. The molecule has 0 saturated carbocycles. The van der Waals surface area contributed by atoms with Gasteiger partial charge < -0.3 is 19.7 Å². The number of aliphatic imine (C=N–C) groups is 1. The van der Waals surface area contributed by atoms with Gasteiger partial charge in [0.05, 0.1) is 19.3 Å². The fraction of sp³-hybridized carbons (Fsp3) is 0.524. The van der Waals surface area contributed by atoms with Gasteiger partial charge in [-0.2, -0.15) is 5.10 Å². The quantitative estimate of drug-likeness (QED) is 0.429. The van der Waals surface area contributed by atoms with Crippen LogP contribution in [-0.4, -0.2) is 60.6 Å². The molecule has 28 heavy (non-hydrogen) atoms. The van der Waals surface area contributed by atoms with Crippen molar-refractivity contribution in [2.75, 3.05) is 40.0 Å². The third kappa shape index (κ3) is 5.48. The van der Waals surface area contributed by atoms with E-state index in [2.05, 4.69) is 40.6 Å².